The molecule has 2 atom stereocenters. The maximum Gasteiger partial charge on any atom is 0.307 e. The Bertz CT molecular complexity index is 484. The van der Waals surface area contributed by atoms with Gasteiger partial charge in [-0.3, -0.25) is 9.78 Å². The van der Waals surface area contributed by atoms with Gasteiger partial charge in [-0.25, -0.2) is 0 Å². The first-order valence-corrected chi connectivity index (χ1v) is 7.23. The minimum absolute atomic E-state index is 0.0177. The van der Waals surface area contributed by atoms with Gasteiger partial charge in [-0.1, -0.05) is 13.8 Å². The largest absolute Gasteiger partial charge is 0.492 e. The van der Waals surface area contributed by atoms with E-state index < -0.39 is 5.97 Å². The summed E-state index contributed by atoms with van der Waals surface area (Å²) in [6, 6.07) is 1.94. The lowest BCUT2D eigenvalue weighted by Crippen LogP contribution is -2.33. The molecule has 2 rings (SSSR count). The van der Waals surface area contributed by atoms with Crippen molar-refractivity contribution in [3.63, 3.8) is 0 Å². The molecule has 1 N–H and O–H groups in total. The standard InChI is InChI=1S/C16H23NO3/c1-4-20-12-7-11(9-17-10-12)14-8-16(2,3)6-5-13(14)15(18)19/h7,9-10,13-14H,4-6,8H2,1-3H3,(H,18,19). The van der Waals surface area contributed by atoms with Crippen molar-refractivity contribution in [3.8, 4) is 5.75 Å². The fourth-order valence-corrected chi connectivity index (χ4v) is 3.12. The molecule has 1 fully saturated rings. The maximum absolute atomic E-state index is 11.5. The van der Waals surface area contributed by atoms with Crippen molar-refractivity contribution in [1.29, 1.82) is 0 Å². The maximum atomic E-state index is 11.5. The van der Waals surface area contributed by atoms with Gasteiger partial charge in [0, 0.05) is 6.20 Å². The Labute approximate surface area is 120 Å². The van der Waals surface area contributed by atoms with Crippen LogP contribution in [0.15, 0.2) is 18.5 Å². The Kier molecular flexibility index (Phi) is 4.31. The molecular weight excluding hydrogens is 254 g/mol. The summed E-state index contributed by atoms with van der Waals surface area (Å²) >= 11 is 0. The number of nitrogens with zero attached hydrogens (tertiary/aromatic N) is 1. The van der Waals surface area contributed by atoms with Crippen molar-refractivity contribution >= 4 is 5.97 Å². The molecule has 4 heteroatoms. The van der Waals surface area contributed by atoms with E-state index in [-0.39, 0.29) is 17.3 Å². The highest BCUT2D eigenvalue weighted by Crippen LogP contribution is 2.47. The van der Waals surface area contributed by atoms with E-state index in [2.05, 4.69) is 18.8 Å². The van der Waals surface area contributed by atoms with Crippen molar-refractivity contribution < 1.29 is 14.6 Å². The minimum atomic E-state index is -0.702. The molecule has 0 amide bonds. The summed E-state index contributed by atoms with van der Waals surface area (Å²) in [5.74, 6) is -0.282. The zero-order valence-corrected chi connectivity index (χ0v) is 12.4. The second-order valence-electron chi connectivity index (χ2n) is 6.35. The van der Waals surface area contributed by atoms with Crippen LogP contribution in [0.1, 0.15) is 51.5 Å². The number of aliphatic carboxylic acids is 1. The molecule has 0 aliphatic heterocycles. The molecule has 0 radical (unpaired) electrons. The molecule has 4 nitrogen and oxygen atoms in total. The average Bonchev–Trinajstić information content (AvgIpc) is 2.38. The highest BCUT2D eigenvalue weighted by atomic mass is 16.5. The molecule has 1 heterocycles. The van der Waals surface area contributed by atoms with Crippen molar-refractivity contribution in [3.05, 3.63) is 24.0 Å². The lowest BCUT2D eigenvalue weighted by atomic mass is 9.65. The Morgan fingerprint density at radius 1 is 1.50 bits per heavy atom. The smallest absolute Gasteiger partial charge is 0.307 e. The van der Waals surface area contributed by atoms with E-state index in [0.29, 0.717) is 6.61 Å². The average molecular weight is 277 g/mol. The Balaban J connectivity index is 2.30. The van der Waals surface area contributed by atoms with Gasteiger partial charge < -0.3 is 9.84 Å². The number of carboxylic acids is 1. The van der Waals surface area contributed by atoms with Gasteiger partial charge in [0.05, 0.1) is 18.7 Å². The van der Waals surface area contributed by atoms with Crippen LogP contribution in [0.25, 0.3) is 0 Å². The van der Waals surface area contributed by atoms with Gasteiger partial charge >= 0.3 is 5.97 Å². The van der Waals surface area contributed by atoms with E-state index in [1.54, 1.807) is 12.4 Å². The summed E-state index contributed by atoms with van der Waals surface area (Å²) in [6.45, 7) is 6.93. The summed E-state index contributed by atoms with van der Waals surface area (Å²) in [7, 11) is 0. The molecule has 2 unspecified atom stereocenters. The van der Waals surface area contributed by atoms with Gasteiger partial charge in [0.25, 0.3) is 0 Å². The van der Waals surface area contributed by atoms with Gasteiger partial charge in [0.15, 0.2) is 0 Å². The van der Waals surface area contributed by atoms with Crippen molar-refractivity contribution in [2.24, 2.45) is 11.3 Å². The molecule has 1 aliphatic carbocycles. The summed E-state index contributed by atoms with van der Waals surface area (Å²) < 4.78 is 5.48. The molecule has 0 bridgehead atoms. The number of hydrogen-bond donors (Lipinski definition) is 1. The van der Waals surface area contributed by atoms with Crippen LogP contribution < -0.4 is 4.74 Å². The zero-order chi connectivity index (χ0) is 14.8. The van der Waals surface area contributed by atoms with E-state index in [9.17, 15) is 9.90 Å². The molecule has 1 aromatic rings. The monoisotopic (exact) mass is 277 g/mol. The number of carboxylic acid groups (broad SMARTS) is 1. The summed E-state index contributed by atoms with van der Waals surface area (Å²) in [5, 5.41) is 9.46. The van der Waals surface area contributed by atoms with Gasteiger partial charge in [-0.05, 0) is 49.1 Å². The third-order valence-corrected chi connectivity index (χ3v) is 4.18. The fourth-order valence-electron chi connectivity index (χ4n) is 3.12. The number of rotatable bonds is 4. The van der Waals surface area contributed by atoms with Crippen LogP contribution in [0.5, 0.6) is 5.75 Å². The van der Waals surface area contributed by atoms with E-state index in [1.807, 2.05) is 13.0 Å². The van der Waals surface area contributed by atoms with Crippen LogP contribution in [0.3, 0.4) is 0 Å². The zero-order valence-electron chi connectivity index (χ0n) is 12.4. The summed E-state index contributed by atoms with van der Waals surface area (Å²) in [4.78, 5) is 15.7. The second-order valence-corrected chi connectivity index (χ2v) is 6.35. The number of aromatic nitrogens is 1. The molecule has 1 aromatic heterocycles. The first-order valence-electron chi connectivity index (χ1n) is 7.23. The van der Waals surface area contributed by atoms with E-state index in [0.717, 1.165) is 30.6 Å². The van der Waals surface area contributed by atoms with E-state index >= 15 is 0 Å². The molecule has 0 spiro atoms. The lowest BCUT2D eigenvalue weighted by molar-refractivity contribution is -0.144. The minimum Gasteiger partial charge on any atom is -0.492 e. The molecule has 0 saturated heterocycles. The molecule has 1 aliphatic rings. The predicted molar refractivity (Wildman–Crippen MR) is 76.9 cm³/mol. The van der Waals surface area contributed by atoms with Crippen LogP contribution in [0.4, 0.5) is 0 Å². The Hall–Kier alpha value is -1.58. The SMILES string of the molecule is CCOc1cncc(C2CC(C)(C)CCC2C(=O)O)c1. The van der Waals surface area contributed by atoms with Gasteiger partial charge in [-0.2, -0.15) is 0 Å². The normalized spacial score (nSPS) is 25.1. The van der Waals surface area contributed by atoms with Crippen LogP contribution in [0.2, 0.25) is 0 Å². The molecule has 20 heavy (non-hydrogen) atoms. The van der Waals surface area contributed by atoms with Crippen molar-refractivity contribution in [2.45, 2.75) is 46.0 Å². The first-order chi connectivity index (χ1) is 9.43. The topological polar surface area (TPSA) is 59.4 Å². The van der Waals surface area contributed by atoms with Gasteiger partial charge in [0.2, 0.25) is 0 Å². The van der Waals surface area contributed by atoms with Gasteiger partial charge in [-0.15, -0.1) is 0 Å². The number of ether oxygens (including phenoxy) is 1. The molecular formula is C16H23NO3. The van der Waals surface area contributed by atoms with Crippen LogP contribution in [0, 0.1) is 11.3 Å². The fraction of sp³-hybridized carbons (Fsp3) is 0.625. The molecule has 1 saturated carbocycles. The lowest BCUT2D eigenvalue weighted by Gasteiger charge is -2.39. The molecule has 110 valence electrons. The first kappa shape index (κ1) is 14.8. The molecule has 0 aromatic carbocycles. The van der Waals surface area contributed by atoms with Crippen LogP contribution in [-0.2, 0) is 4.79 Å². The summed E-state index contributed by atoms with van der Waals surface area (Å²) in [5.41, 5.74) is 1.16. The van der Waals surface area contributed by atoms with Crippen molar-refractivity contribution in [1.82, 2.24) is 4.98 Å². The van der Waals surface area contributed by atoms with Crippen LogP contribution in [-0.4, -0.2) is 22.7 Å². The van der Waals surface area contributed by atoms with Gasteiger partial charge in [0.1, 0.15) is 5.75 Å². The number of pyridine rings is 1. The Morgan fingerprint density at radius 2 is 2.25 bits per heavy atom. The number of carbonyl (C=O) groups is 1. The highest BCUT2D eigenvalue weighted by molar-refractivity contribution is 5.71. The number of hydrogen-bond acceptors (Lipinski definition) is 3. The third-order valence-electron chi connectivity index (χ3n) is 4.18. The Morgan fingerprint density at radius 3 is 2.90 bits per heavy atom. The van der Waals surface area contributed by atoms with E-state index in [4.69, 9.17) is 4.74 Å². The summed E-state index contributed by atoms with van der Waals surface area (Å²) in [6.07, 6.45) is 6.02. The highest BCUT2D eigenvalue weighted by Gasteiger charge is 2.39. The second kappa shape index (κ2) is 5.81. The van der Waals surface area contributed by atoms with Crippen molar-refractivity contribution in [2.75, 3.05) is 6.61 Å². The van der Waals surface area contributed by atoms with Crippen LogP contribution >= 0.6 is 0 Å². The quantitative estimate of drug-likeness (QED) is 0.915. The third kappa shape index (κ3) is 3.30. The predicted octanol–water partition coefficient (Wildman–Crippen LogP) is 3.47. The van der Waals surface area contributed by atoms with E-state index in [1.165, 1.54) is 0 Å².